The number of hydrogen-bond donors (Lipinski definition) is 1. The van der Waals surface area contributed by atoms with Crippen LogP contribution in [0.3, 0.4) is 0 Å². The maximum Gasteiger partial charge on any atom is 0.188 e. The van der Waals surface area contributed by atoms with Crippen molar-refractivity contribution < 1.29 is 4.39 Å². The smallest absolute Gasteiger partial charge is 0.188 e. The molecule has 0 radical (unpaired) electrons. The summed E-state index contributed by atoms with van der Waals surface area (Å²) in [6.07, 6.45) is 5.06. The largest absolute Gasteiger partial charge is 0.367 e. The van der Waals surface area contributed by atoms with Crippen LogP contribution in [0.2, 0.25) is 0 Å². The molecular formula is C21H25FN6S. The molecule has 3 heterocycles. The number of fused-ring (bicyclic) bond motifs is 1. The highest BCUT2D eigenvalue weighted by Gasteiger charge is 2.39. The van der Waals surface area contributed by atoms with Crippen LogP contribution in [0.25, 0.3) is 17.0 Å². The second-order valence-electron chi connectivity index (χ2n) is 7.88. The summed E-state index contributed by atoms with van der Waals surface area (Å²) in [4.78, 5) is 2.69. The second kappa shape index (κ2) is 7.91. The zero-order valence-electron chi connectivity index (χ0n) is 16.4. The van der Waals surface area contributed by atoms with Gasteiger partial charge in [0.2, 0.25) is 0 Å². The molecule has 5 rings (SSSR count). The van der Waals surface area contributed by atoms with Gasteiger partial charge in [-0.1, -0.05) is 25.0 Å². The highest BCUT2D eigenvalue weighted by atomic mass is 32.2. The third kappa shape index (κ3) is 3.59. The number of rotatable bonds is 5. The number of thioether (sulfide) groups is 1. The summed E-state index contributed by atoms with van der Waals surface area (Å²) in [5.41, 5.74) is 1.24. The van der Waals surface area contributed by atoms with Crippen molar-refractivity contribution in [1.82, 2.24) is 24.7 Å². The number of halogens is 1. The molecule has 2 aromatic heterocycles. The van der Waals surface area contributed by atoms with Crippen LogP contribution in [0.1, 0.15) is 25.7 Å². The Hall–Kier alpha value is -2.19. The molecule has 8 heteroatoms. The minimum Gasteiger partial charge on any atom is -0.367 e. The number of nitrogens with zero attached hydrogens (tertiary/aromatic N) is 5. The third-order valence-electron chi connectivity index (χ3n) is 6.19. The predicted molar refractivity (Wildman–Crippen MR) is 115 cm³/mol. The summed E-state index contributed by atoms with van der Waals surface area (Å²) < 4.78 is 15.9. The fourth-order valence-electron chi connectivity index (χ4n) is 4.62. The molecule has 3 aromatic rings. The zero-order chi connectivity index (χ0) is 19.7. The molecule has 2 fully saturated rings. The number of hydrogen-bond acceptors (Lipinski definition) is 6. The van der Waals surface area contributed by atoms with E-state index in [1.54, 1.807) is 22.7 Å². The molecule has 1 saturated heterocycles. The quantitative estimate of drug-likeness (QED) is 0.690. The first-order valence-corrected chi connectivity index (χ1v) is 11.4. The molecule has 6 nitrogen and oxygen atoms in total. The Morgan fingerprint density at radius 1 is 1.03 bits per heavy atom. The standard InChI is InChI=1S/C21H25FN6S/c22-17-6-2-1-5-16(17)20-25-24-19-8-7-18(26-28(19)20)23-15-21(9-3-4-10-21)27-11-13-29-14-12-27/h1-2,5-8H,3-4,9-15H2,(H,23,26). The molecule has 1 N–H and O–H groups in total. The van der Waals surface area contributed by atoms with Gasteiger partial charge in [0.1, 0.15) is 11.6 Å². The van der Waals surface area contributed by atoms with E-state index in [1.807, 2.05) is 12.1 Å². The maximum absolute atomic E-state index is 14.3. The van der Waals surface area contributed by atoms with E-state index in [-0.39, 0.29) is 11.4 Å². The van der Waals surface area contributed by atoms with Gasteiger partial charge in [-0.05, 0) is 37.1 Å². The molecule has 29 heavy (non-hydrogen) atoms. The Labute approximate surface area is 173 Å². The second-order valence-corrected chi connectivity index (χ2v) is 9.10. The lowest BCUT2D eigenvalue weighted by Gasteiger charge is -2.43. The van der Waals surface area contributed by atoms with Gasteiger partial charge >= 0.3 is 0 Å². The molecule has 1 aliphatic carbocycles. The van der Waals surface area contributed by atoms with Crippen molar-refractivity contribution in [3.8, 4) is 11.4 Å². The summed E-state index contributed by atoms with van der Waals surface area (Å²) in [7, 11) is 0. The average Bonchev–Trinajstić information content (AvgIpc) is 3.41. The summed E-state index contributed by atoms with van der Waals surface area (Å²) in [6.45, 7) is 3.22. The number of anilines is 1. The van der Waals surface area contributed by atoms with Gasteiger partial charge in [-0.25, -0.2) is 4.39 Å². The van der Waals surface area contributed by atoms with Crippen molar-refractivity contribution >= 4 is 23.2 Å². The minimum atomic E-state index is -0.324. The van der Waals surface area contributed by atoms with E-state index in [1.165, 1.54) is 56.3 Å². The Bertz CT molecular complexity index is 994. The van der Waals surface area contributed by atoms with E-state index in [0.717, 1.165) is 12.4 Å². The Morgan fingerprint density at radius 2 is 1.83 bits per heavy atom. The molecule has 0 bridgehead atoms. The van der Waals surface area contributed by atoms with Crippen molar-refractivity contribution in [3.05, 3.63) is 42.2 Å². The molecule has 1 saturated carbocycles. The average molecular weight is 413 g/mol. The third-order valence-corrected chi connectivity index (χ3v) is 7.13. The van der Waals surface area contributed by atoms with Gasteiger partial charge < -0.3 is 5.32 Å². The Kier molecular flexibility index (Phi) is 5.13. The highest BCUT2D eigenvalue weighted by molar-refractivity contribution is 7.99. The van der Waals surface area contributed by atoms with Crippen molar-refractivity contribution in [1.29, 1.82) is 0 Å². The molecule has 2 aliphatic rings. The van der Waals surface area contributed by atoms with Crippen LogP contribution in [0.15, 0.2) is 36.4 Å². The van der Waals surface area contributed by atoms with E-state index >= 15 is 0 Å². The summed E-state index contributed by atoms with van der Waals surface area (Å²) >= 11 is 2.05. The monoisotopic (exact) mass is 412 g/mol. The van der Waals surface area contributed by atoms with Gasteiger partial charge in [0, 0.05) is 36.7 Å². The number of nitrogens with one attached hydrogen (secondary N) is 1. The van der Waals surface area contributed by atoms with Crippen LogP contribution in [0, 0.1) is 5.82 Å². The van der Waals surface area contributed by atoms with Crippen LogP contribution in [-0.2, 0) is 0 Å². The van der Waals surface area contributed by atoms with Gasteiger partial charge in [-0.2, -0.15) is 16.3 Å². The molecule has 0 amide bonds. The van der Waals surface area contributed by atoms with Crippen molar-refractivity contribution in [2.24, 2.45) is 0 Å². The Balaban J connectivity index is 1.40. The Morgan fingerprint density at radius 3 is 2.62 bits per heavy atom. The van der Waals surface area contributed by atoms with Crippen molar-refractivity contribution in [3.63, 3.8) is 0 Å². The van der Waals surface area contributed by atoms with E-state index < -0.39 is 0 Å². The molecule has 1 aromatic carbocycles. The zero-order valence-corrected chi connectivity index (χ0v) is 17.2. The maximum atomic E-state index is 14.3. The lowest BCUT2D eigenvalue weighted by atomic mass is 9.94. The van der Waals surface area contributed by atoms with Gasteiger partial charge in [-0.15, -0.1) is 15.3 Å². The lowest BCUT2D eigenvalue weighted by Crippen LogP contribution is -2.54. The fraction of sp³-hybridized carbons (Fsp3) is 0.476. The van der Waals surface area contributed by atoms with Crippen LogP contribution < -0.4 is 5.32 Å². The number of aromatic nitrogens is 4. The first kappa shape index (κ1) is 18.8. The molecule has 0 atom stereocenters. The van der Waals surface area contributed by atoms with Crippen LogP contribution in [-0.4, -0.2) is 61.4 Å². The molecule has 0 unspecified atom stereocenters. The molecular weight excluding hydrogens is 387 g/mol. The first-order chi connectivity index (χ1) is 14.3. The predicted octanol–water partition coefficient (Wildman–Crippen LogP) is 3.70. The van der Waals surface area contributed by atoms with Crippen LogP contribution in [0.4, 0.5) is 10.2 Å². The summed E-state index contributed by atoms with van der Waals surface area (Å²) in [5, 5.41) is 16.6. The van der Waals surface area contributed by atoms with Crippen molar-refractivity contribution in [2.45, 2.75) is 31.2 Å². The van der Waals surface area contributed by atoms with Crippen LogP contribution >= 0.6 is 11.8 Å². The minimum absolute atomic E-state index is 0.221. The highest BCUT2D eigenvalue weighted by Crippen LogP contribution is 2.37. The first-order valence-electron chi connectivity index (χ1n) is 10.3. The van der Waals surface area contributed by atoms with Crippen LogP contribution in [0.5, 0.6) is 0 Å². The van der Waals surface area contributed by atoms with E-state index in [4.69, 9.17) is 0 Å². The van der Waals surface area contributed by atoms with Gasteiger partial charge in [0.15, 0.2) is 11.5 Å². The van der Waals surface area contributed by atoms with E-state index in [0.29, 0.717) is 17.0 Å². The molecule has 152 valence electrons. The van der Waals surface area contributed by atoms with Gasteiger partial charge in [0.05, 0.1) is 5.56 Å². The molecule has 1 aliphatic heterocycles. The topological polar surface area (TPSA) is 58.4 Å². The summed E-state index contributed by atoms with van der Waals surface area (Å²) in [6, 6.07) is 10.4. The van der Waals surface area contributed by atoms with E-state index in [2.05, 4.69) is 37.3 Å². The van der Waals surface area contributed by atoms with E-state index in [9.17, 15) is 4.39 Å². The summed E-state index contributed by atoms with van der Waals surface area (Å²) in [5.74, 6) is 3.31. The molecule has 0 spiro atoms. The van der Waals surface area contributed by atoms with Gasteiger partial charge in [0.25, 0.3) is 0 Å². The lowest BCUT2D eigenvalue weighted by molar-refractivity contribution is 0.116. The number of benzene rings is 1. The van der Waals surface area contributed by atoms with Gasteiger partial charge in [-0.3, -0.25) is 4.90 Å². The normalized spacial score (nSPS) is 19.6. The SMILES string of the molecule is Fc1ccccc1-c1nnc2ccc(NCC3(N4CCSCC4)CCCC3)nn12. The van der Waals surface area contributed by atoms with Crippen molar-refractivity contribution in [2.75, 3.05) is 36.5 Å². The fourth-order valence-corrected chi connectivity index (χ4v) is 5.53.